The Morgan fingerprint density at radius 1 is 1.33 bits per heavy atom. The van der Waals surface area contributed by atoms with Crippen LogP contribution in [0.1, 0.15) is 33.0 Å². The Hall–Kier alpha value is -1.40. The number of aryl methyl sites for hydroxylation is 1. The fourth-order valence-corrected chi connectivity index (χ4v) is 1.59. The van der Waals surface area contributed by atoms with Crippen molar-refractivity contribution >= 4 is 11.6 Å². The second kappa shape index (κ2) is 7.84. The van der Waals surface area contributed by atoms with Crippen molar-refractivity contribution in [2.45, 2.75) is 39.7 Å². The lowest BCUT2D eigenvalue weighted by molar-refractivity contribution is 0.0855. The Labute approximate surface area is 108 Å². The van der Waals surface area contributed by atoms with E-state index >= 15 is 0 Å². The topological polar surface area (TPSA) is 85.1 Å². The fraction of sp³-hybridized carbons (Fsp3) is 0.667. The number of rotatable bonds is 8. The Balaban J connectivity index is 2.65. The normalized spacial score (nSPS) is 12.2. The Kier molecular flexibility index (Phi) is 6.38. The van der Waals surface area contributed by atoms with Crippen molar-refractivity contribution in [3.05, 3.63) is 11.9 Å². The highest BCUT2D eigenvalue weighted by Gasteiger charge is 2.05. The van der Waals surface area contributed by atoms with Gasteiger partial charge in [0.25, 0.3) is 0 Å². The van der Waals surface area contributed by atoms with Gasteiger partial charge in [0.15, 0.2) is 0 Å². The minimum absolute atomic E-state index is 0.147. The number of nitrogens with two attached hydrogens (primary N) is 1. The Morgan fingerprint density at radius 2 is 2.06 bits per heavy atom. The summed E-state index contributed by atoms with van der Waals surface area (Å²) >= 11 is 0. The molecule has 18 heavy (non-hydrogen) atoms. The minimum Gasteiger partial charge on any atom is -0.377 e. The van der Waals surface area contributed by atoms with Crippen LogP contribution in [0.3, 0.4) is 0 Å². The zero-order valence-corrected chi connectivity index (χ0v) is 11.4. The van der Waals surface area contributed by atoms with Gasteiger partial charge in [0.1, 0.15) is 17.5 Å². The molecule has 0 amide bonds. The van der Waals surface area contributed by atoms with Gasteiger partial charge in [0, 0.05) is 25.6 Å². The third-order valence-corrected chi connectivity index (χ3v) is 2.42. The summed E-state index contributed by atoms with van der Waals surface area (Å²) in [6.07, 6.45) is 1.99. The number of anilines is 2. The van der Waals surface area contributed by atoms with Crippen molar-refractivity contribution in [3.8, 4) is 0 Å². The average Bonchev–Trinajstić information content (AvgIpc) is 2.37. The van der Waals surface area contributed by atoms with Crippen LogP contribution in [0.5, 0.6) is 0 Å². The molecule has 0 spiro atoms. The number of hydrazine groups is 1. The van der Waals surface area contributed by atoms with E-state index in [0.29, 0.717) is 19.0 Å². The highest BCUT2D eigenvalue weighted by molar-refractivity contribution is 5.46. The molecule has 0 bridgehead atoms. The van der Waals surface area contributed by atoms with Crippen LogP contribution in [0.4, 0.5) is 11.6 Å². The van der Waals surface area contributed by atoms with Crippen LogP contribution in [0, 0.1) is 0 Å². The number of ether oxygens (including phenoxy) is 1. The quantitative estimate of drug-likeness (QED) is 0.481. The van der Waals surface area contributed by atoms with Gasteiger partial charge in [0.05, 0.1) is 6.10 Å². The summed E-state index contributed by atoms with van der Waals surface area (Å²) in [5.41, 5.74) is 2.56. The van der Waals surface area contributed by atoms with Crippen LogP contribution in [0.2, 0.25) is 0 Å². The van der Waals surface area contributed by atoms with Crippen molar-refractivity contribution in [1.29, 1.82) is 0 Å². The summed E-state index contributed by atoms with van der Waals surface area (Å²) in [5.74, 6) is 7.58. The minimum atomic E-state index is 0.147. The SMILES string of the molecule is CCCc1nc(NN)cc(NCC(C)OCC)n1. The molecule has 0 saturated heterocycles. The van der Waals surface area contributed by atoms with Gasteiger partial charge < -0.3 is 15.5 Å². The Bertz CT molecular complexity index is 358. The van der Waals surface area contributed by atoms with Gasteiger partial charge in [-0.15, -0.1) is 0 Å². The number of hydrogen-bond donors (Lipinski definition) is 3. The van der Waals surface area contributed by atoms with E-state index in [1.165, 1.54) is 0 Å². The lowest BCUT2D eigenvalue weighted by Gasteiger charge is -2.14. The lowest BCUT2D eigenvalue weighted by atomic mass is 10.3. The second-order valence-electron chi connectivity index (χ2n) is 4.10. The van der Waals surface area contributed by atoms with Crippen molar-refractivity contribution in [1.82, 2.24) is 9.97 Å². The van der Waals surface area contributed by atoms with Gasteiger partial charge in [-0.25, -0.2) is 15.8 Å². The molecule has 102 valence electrons. The molecule has 4 N–H and O–H groups in total. The van der Waals surface area contributed by atoms with Crippen molar-refractivity contribution < 1.29 is 4.74 Å². The first-order chi connectivity index (χ1) is 8.69. The predicted molar refractivity (Wildman–Crippen MR) is 73.4 cm³/mol. The number of aromatic nitrogens is 2. The third-order valence-electron chi connectivity index (χ3n) is 2.42. The monoisotopic (exact) mass is 253 g/mol. The lowest BCUT2D eigenvalue weighted by Crippen LogP contribution is -2.21. The molecular formula is C12H23N5O. The maximum atomic E-state index is 5.45. The predicted octanol–water partition coefficient (Wildman–Crippen LogP) is 1.55. The molecule has 1 atom stereocenters. The van der Waals surface area contributed by atoms with Gasteiger partial charge in [-0.1, -0.05) is 6.92 Å². The highest BCUT2D eigenvalue weighted by Crippen LogP contribution is 2.11. The number of nitrogen functional groups attached to an aromatic ring is 1. The van der Waals surface area contributed by atoms with Gasteiger partial charge in [0.2, 0.25) is 0 Å². The van der Waals surface area contributed by atoms with Crippen LogP contribution < -0.4 is 16.6 Å². The summed E-state index contributed by atoms with van der Waals surface area (Å²) in [5, 5.41) is 3.23. The molecular weight excluding hydrogens is 230 g/mol. The molecule has 1 aromatic heterocycles. The molecule has 0 saturated carbocycles. The number of nitrogens with zero attached hydrogens (tertiary/aromatic N) is 2. The van der Waals surface area contributed by atoms with E-state index < -0.39 is 0 Å². The van der Waals surface area contributed by atoms with E-state index in [-0.39, 0.29) is 6.10 Å². The molecule has 0 aromatic carbocycles. The van der Waals surface area contributed by atoms with Crippen LogP contribution in [-0.2, 0) is 11.2 Å². The summed E-state index contributed by atoms with van der Waals surface area (Å²) < 4.78 is 5.45. The molecule has 0 aliphatic heterocycles. The number of hydrogen-bond acceptors (Lipinski definition) is 6. The first kappa shape index (κ1) is 14.7. The highest BCUT2D eigenvalue weighted by atomic mass is 16.5. The molecule has 6 heteroatoms. The van der Waals surface area contributed by atoms with Crippen LogP contribution >= 0.6 is 0 Å². The van der Waals surface area contributed by atoms with E-state index in [1.807, 2.05) is 13.8 Å². The molecule has 0 aliphatic rings. The maximum absolute atomic E-state index is 5.45. The van der Waals surface area contributed by atoms with Gasteiger partial charge in [-0.3, -0.25) is 0 Å². The third kappa shape index (κ3) is 4.85. The van der Waals surface area contributed by atoms with Crippen LogP contribution in [0.15, 0.2) is 6.07 Å². The summed E-state index contributed by atoms with van der Waals surface area (Å²) in [4.78, 5) is 8.72. The van der Waals surface area contributed by atoms with Gasteiger partial charge in [-0.2, -0.15) is 0 Å². The van der Waals surface area contributed by atoms with Crippen molar-refractivity contribution in [3.63, 3.8) is 0 Å². The summed E-state index contributed by atoms with van der Waals surface area (Å²) in [6.45, 7) is 7.52. The van der Waals surface area contributed by atoms with E-state index in [0.717, 1.165) is 24.5 Å². The van der Waals surface area contributed by atoms with Crippen molar-refractivity contribution in [2.24, 2.45) is 5.84 Å². The fourth-order valence-electron chi connectivity index (χ4n) is 1.59. The maximum Gasteiger partial charge on any atom is 0.145 e. The van der Waals surface area contributed by atoms with E-state index in [2.05, 4.69) is 27.6 Å². The molecule has 1 aromatic rings. The Morgan fingerprint density at radius 3 is 2.67 bits per heavy atom. The number of nitrogens with one attached hydrogen (secondary N) is 2. The zero-order chi connectivity index (χ0) is 13.4. The molecule has 0 radical (unpaired) electrons. The molecule has 0 aliphatic carbocycles. The molecule has 1 unspecified atom stereocenters. The molecule has 1 heterocycles. The average molecular weight is 253 g/mol. The van der Waals surface area contributed by atoms with Gasteiger partial charge in [-0.05, 0) is 20.3 Å². The van der Waals surface area contributed by atoms with E-state index in [1.54, 1.807) is 6.07 Å². The molecule has 0 fully saturated rings. The van der Waals surface area contributed by atoms with E-state index in [9.17, 15) is 0 Å². The molecule has 6 nitrogen and oxygen atoms in total. The standard InChI is InChI=1S/C12H23N5O/c1-4-6-10-15-11(7-12(16-10)17-13)14-8-9(3)18-5-2/h7,9H,4-6,8,13H2,1-3H3,(H2,14,15,16,17). The first-order valence-electron chi connectivity index (χ1n) is 6.39. The molecule has 1 rings (SSSR count). The zero-order valence-electron chi connectivity index (χ0n) is 11.4. The van der Waals surface area contributed by atoms with Crippen LogP contribution in [0.25, 0.3) is 0 Å². The van der Waals surface area contributed by atoms with E-state index in [4.69, 9.17) is 10.6 Å². The summed E-state index contributed by atoms with van der Waals surface area (Å²) in [6, 6.07) is 1.79. The largest absolute Gasteiger partial charge is 0.377 e. The van der Waals surface area contributed by atoms with Crippen molar-refractivity contribution in [2.75, 3.05) is 23.9 Å². The second-order valence-corrected chi connectivity index (χ2v) is 4.10. The first-order valence-corrected chi connectivity index (χ1v) is 6.39. The van der Waals surface area contributed by atoms with Crippen LogP contribution in [-0.4, -0.2) is 29.2 Å². The summed E-state index contributed by atoms with van der Waals surface area (Å²) in [7, 11) is 0. The smallest absolute Gasteiger partial charge is 0.145 e. The van der Waals surface area contributed by atoms with Gasteiger partial charge >= 0.3 is 0 Å².